The number of aromatic nitrogens is 2. The standard InChI is InChI=1S/C18H22N4O4/c1-24-14-11-13(12-15(25-2)17(14)26-3)18(23)22-9-7-21(8-10-22)16-5-4-6-19-20-16/h4-6,11-12H,7-10H2,1-3H3. The van der Waals surface area contributed by atoms with Crippen molar-refractivity contribution in [2.45, 2.75) is 0 Å². The molecule has 2 heterocycles. The van der Waals surface area contributed by atoms with Gasteiger partial charge in [0, 0.05) is 37.9 Å². The van der Waals surface area contributed by atoms with Crippen LogP contribution in [0.3, 0.4) is 0 Å². The highest BCUT2D eigenvalue weighted by Crippen LogP contribution is 2.38. The first-order chi connectivity index (χ1) is 12.7. The Labute approximate surface area is 152 Å². The SMILES string of the molecule is COc1cc(C(=O)N2CCN(c3cccnn3)CC2)cc(OC)c1OC. The number of nitrogens with zero attached hydrogens (tertiary/aromatic N) is 4. The van der Waals surface area contributed by atoms with Gasteiger partial charge in [-0.05, 0) is 24.3 Å². The predicted octanol–water partition coefficient (Wildman–Crippen LogP) is 1.46. The van der Waals surface area contributed by atoms with E-state index in [-0.39, 0.29) is 5.91 Å². The first-order valence-corrected chi connectivity index (χ1v) is 8.30. The van der Waals surface area contributed by atoms with Crippen LogP contribution >= 0.6 is 0 Å². The third-order valence-electron chi connectivity index (χ3n) is 4.36. The number of hydrogen-bond acceptors (Lipinski definition) is 7. The third-order valence-corrected chi connectivity index (χ3v) is 4.36. The van der Waals surface area contributed by atoms with Crippen molar-refractivity contribution in [1.82, 2.24) is 15.1 Å². The average molecular weight is 358 g/mol. The summed E-state index contributed by atoms with van der Waals surface area (Å²) in [6.07, 6.45) is 1.65. The molecular weight excluding hydrogens is 336 g/mol. The van der Waals surface area contributed by atoms with E-state index in [4.69, 9.17) is 14.2 Å². The topological polar surface area (TPSA) is 77.0 Å². The number of ether oxygens (including phenoxy) is 3. The maximum Gasteiger partial charge on any atom is 0.254 e. The van der Waals surface area contributed by atoms with Gasteiger partial charge in [-0.2, -0.15) is 5.10 Å². The van der Waals surface area contributed by atoms with Gasteiger partial charge in [0.1, 0.15) is 0 Å². The van der Waals surface area contributed by atoms with Crippen molar-refractivity contribution in [3.63, 3.8) is 0 Å². The lowest BCUT2D eigenvalue weighted by atomic mass is 10.1. The van der Waals surface area contributed by atoms with Gasteiger partial charge in [0.25, 0.3) is 5.91 Å². The van der Waals surface area contributed by atoms with Crippen molar-refractivity contribution in [2.24, 2.45) is 0 Å². The van der Waals surface area contributed by atoms with E-state index in [0.29, 0.717) is 49.0 Å². The second kappa shape index (κ2) is 7.90. The molecule has 2 aromatic rings. The highest BCUT2D eigenvalue weighted by atomic mass is 16.5. The first-order valence-electron chi connectivity index (χ1n) is 8.30. The summed E-state index contributed by atoms with van der Waals surface area (Å²) in [5.74, 6) is 2.16. The molecule has 0 unspecified atom stereocenters. The summed E-state index contributed by atoms with van der Waals surface area (Å²) < 4.78 is 16.0. The summed E-state index contributed by atoms with van der Waals surface area (Å²) in [5.41, 5.74) is 0.507. The molecule has 1 aromatic heterocycles. The first kappa shape index (κ1) is 17.8. The zero-order valence-corrected chi connectivity index (χ0v) is 15.1. The molecule has 0 spiro atoms. The Balaban J connectivity index is 1.74. The van der Waals surface area contributed by atoms with Gasteiger partial charge in [-0.15, -0.1) is 5.10 Å². The molecule has 0 bridgehead atoms. The molecule has 8 heteroatoms. The minimum absolute atomic E-state index is 0.0666. The molecule has 1 aliphatic rings. The lowest BCUT2D eigenvalue weighted by Gasteiger charge is -2.35. The van der Waals surface area contributed by atoms with Crippen LogP contribution in [0.4, 0.5) is 5.82 Å². The zero-order chi connectivity index (χ0) is 18.5. The summed E-state index contributed by atoms with van der Waals surface area (Å²) in [6, 6.07) is 7.14. The molecule has 138 valence electrons. The van der Waals surface area contributed by atoms with Gasteiger partial charge in [-0.25, -0.2) is 0 Å². The van der Waals surface area contributed by atoms with Crippen molar-refractivity contribution >= 4 is 11.7 Å². The van der Waals surface area contributed by atoms with Crippen LogP contribution in [0.5, 0.6) is 17.2 Å². The minimum Gasteiger partial charge on any atom is -0.493 e. The monoisotopic (exact) mass is 358 g/mol. The van der Waals surface area contributed by atoms with Crippen LogP contribution in [-0.4, -0.2) is 68.5 Å². The normalized spacial score (nSPS) is 14.1. The molecule has 0 atom stereocenters. The number of rotatable bonds is 5. The van der Waals surface area contributed by atoms with Crippen LogP contribution in [-0.2, 0) is 0 Å². The second-order valence-corrected chi connectivity index (χ2v) is 5.78. The Bertz CT molecular complexity index is 736. The Morgan fingerprint density at radius 3 is 2.15 bits per heavy atom. The number of piperazine rings is 1. The maximum atomic E-state index is 12.9. The van der Waals surface area contributed by atoms with Crippen LogP contribution < -0.4 is 19.1 Å². The Hall–Kier alpha value is -3.03. The van der Waals surface area contributed by atoms with Crippen molar-refractivity contribution in [3.8, 4) is 17.2 Å². The number of hydrogen-bond donors (Lipinski definition) is 0. The Morgan fingerprint density at radius 1 is 1.00 bits per heavy atom. The molecule has 26 heavy (non-hydrogen) atoms. The summed E-state index contributed by atoms with van der Waals surface area (Å²) in [6.45, 7) is 2.61. The highest BCUT2D eigenvalue weighted by molar-refractivity contribution is 5.95. The average Bonchev–Trinajstić information content (AvgIpc) is 2.72. The molecule has 0 aliphatic carbocycles. The van der Waals surface area contributed by atoms with E-state index in [2.05, 4.69) is 15.1 Å². The van der Waals surface area contributed by atoms with Crippen LogP contribution in [0.15, 0.2) is 30.5 Å². The molecule has 1 aliphatic heterocycles. The van der Waals surface area contributed by atoms with Gasteiger partial charge >= 0.3 is 0 Å². The molecule has 1 saturated heterocycles. The summed E-state index contributed by atoms with van der Waals surface area (Å²) in [7, 11) is 4.60. The van der Waals surface area contributed by atoms with Gasteiger partial charge < -0.3 is 24.0 Å². The van der Waals surface area contributed by atoms with Crippen molar-refractivity contribution in [3.05, 3.63) is 36.0 Å². The number of methoxy groups -OCH3 is 3. The van der Waals surface area contributed by atoms with Crippen LogP contribution in [0, 0.1) is 0 Å². The summed E-state index contributed by atoms with van der Waals surface area (Å²) in [4.78, 5) is 16.8. The maximum absolute atomic E-state index is 12.9. The minimum atomic E-state index is -0.0666. The van der Waals surface area contributed by atoms with Gasteiger partial charge in [0.15, 0.2) is 17.3 Å². The van der Waals surface area contributed by atoms with Crippen LogP contribution in [0.25, 0.3) is 0 Å². The van der Waals surface area contributed by atoms with Gasteiger partial charge in [0.05, 0.1) is 21.3 Å². The molecule has 0 saturated carbocycles. The Kier molecular flexibility index (Phi) is 5.40. The second-order valence-electron chi connectivity index (χ2n) is 5.78. The summed E-state index contributed by atoms with van der Waals surface area (Å²) >= 11 is 0. The van der Waals surface area contributed by atoms with Crippen LogP contribution in [0.1, 0.15) is 10.4 Å². The lowest BCUT2D eigenvalue weighted by Crippen LogP contribution is -2.49. The number of amides is 1. The lowest BCUT2D eigenvalue weighted by molar-refractivity contribution is 0.0745. The molecule has 1 fully saturated rings. The third kappa shape index (κ3) is 3.49. The largest absolute Gasteiger partial charge is 0.493 e. The number of benzene rings is 1. The number of carbonyl (C=O) groups excluding carboxylic acids is 1. The molecule has 0 N–H and O–H groups in total. The molecule has 8 nitrogen and oxygen atoms in total. The van der Waals surface area contributed by atoms with Gasteiger partial charge in [-0.1, -0.05) is 0 Å². The number of carbonyl (C=O) groups is 1. The van der Waals surface area contributed by atoms with E-state index in [1.54, 1.807) is 18.3 Å². The summed E-state index contributed by atoms with van der Waals surface area (Å²) in [5, 5.41) is 8.02. The fraction of sp³-hybridized carbons (Fsp3) is 0.389. The molecule has 1 amide bonds. The molecule has 1 aromatic carbocycles. The molecule has 3 rings (SSSR count). The zero-order valence-electron chi connectivity index (χ0n) is 15.1. The quantitative estimate of drug-likeness (QED) is 0.801. The van der Waals surface area contributed by atoms with Gasteiger partial charge in [0.2, 0.25) is 5.75 Å². The molecular formula is C18H22N4O4. The molecule has 0 radical (unpaired) electrons. The van der Waals surface area contributed by atoms with Crippen LogP contribution in [0.2, 0.25) is 0 Å². The van der Waals surface area contributed by atoms with E-state index < -0.39 is 0 Å². The van der Waals surface area contributed by atoms with Gasteiger partial charge in [-0.3, -0.25) is 4.79 Å². The van der Waals surface area contributed by atoms with E-state index in [0.717, 1.165) is 5.82 Å². The van der Waals surface area contributed by atoms with E-state index in [1.165, 1.54) is 21.3 Å². The Morgan fingerprint density at radius 2 is 1.65 bits per heavy atom. The fourth-order valence-corrected chi connectivity index (χ4v) is 2.99. The van der Waals surface area contributed by atoms with E-state index >= 15 is 0 Å². The van der Waals surface area contributed by atoms with Crippen molar-refractivity contribution < 1.29 is 19.0 Å². The van der Waals surface area contributed by atoms with E-state index in [1.807, 2.05) is 17.0 Å². The van der Waals surface area contributed by atoms with E-state index in [9.17, 15) is 4.79 Å². The highest BCUT2D eigenvalue weighted by Gasteiger charge is 2.25. The van der Waals surface area contributed by atoms with Crippen molar-refractivity contribution in [2.75, 3.05) is 52.4 Å². The fourth-order valence-electron chi connectivity index (χ4n) is 2.99. The smallest absolute Gasteiger partial charge is 0.254 e. The predicted molar refractivity (Wildman–Crippen MR) is 96.2 cm³/mol. The number of anilines is 1. The van der Waals surface area contributed by atoms with Crippen molar-refractivity contribution in [1.29, 1.82) is 0 Å².